The number of nitrogens with zero attached hydrogens (tertiary/aromatic N) is 4. The van der Waals surface area contributed by atoms with Crippen LogP contribution >= 0.6 is 0 Å². The number of primary amides is 1. The van der Waals surface area contributed by atoms with Gasteiger partial charge in [0.15, 0.2) is 0 Å². The van der Waals surface area contributed by atoms with Crippen LogP contribution in [0.4, 0.5) is 5.69 Å². The van der Waals surface area contributed by atoms with E-state index in [-0.39, 0.29) is 11.9 Å². The molecule has 0 aliphatic carbocycles. The van der Waals surface area contributed by atoms with E-state index in [0.717, 1.165) is 57.8 Å². The molecule has 3 rings (SSSR count). The summed E-state index contributed by atoms with van der Waals surface area (Å²) in [5.41, 5.74) is 7.25. The number of esters is 1. The molecule has 31 heavy (non-hydrogen) atoms. The van der Waals surface area contributed by atoms with Crippen molar-refractivity contribution in [3.05, 3.63) is 29.8 Å². The van der Waals surface area contributed by atoms with Crippen LogP contribution in [0.25, 0.3) is 0 Å². The van der Waals surface area contributed by atoms with Gasteiger partial charge in [0, 0.05) is 57.4 Å². The minimum Gasteiger partial charge on any atom is -0.465 e. The smallest absolute Gasteiger partial charge is 0.320 e. The minimum atomic E-state index is -0.271. The maximum atomic E-state index is 11.9. The number of likely N-dealkylation sites (tertiary alicyclic amines) is 1. The lowest BCUT2D eigenvalue weighted by molar-refractivity contribution is -0.145. The molecule has 168 valence electrons. The van der Waals surface area contributed by atoms with Crippen LogP contribution in [0.3, 0.4) is 0 Å². The first-order valence-electron chi connectivity index (χ1n) is 11.2. The highest BCUT2D eigenvalue weighted by Crippen LogP contribution is 2.28. The zero-order chi connectivity index (χ0) is 22.2. The van der Waals surface area contributed by atoms with Crippen molar-refractivity contribution in [1.82, 2.24) is 9.80 Å². The van der Waals surface area contributed by atoms with Gasteiger partial charge in [-0.15, -0.1) is 0 Å². The van der Waals surface area contributed by atoms with Gasteiger partial charge in [0.25, 0.3) is 0 Å². The van der Waals surface area contributed by atoms with Crippen LogP contribution in [-0.2, 0) is 14.3 Å². The van der Waals surface area contributed by atoms with Gasteiger partial charge in [0.2, 0.25) is 5.91 Å². The highest BCUT2D eigenvalue weighted by molar-refractivity contribution is 5.73. The SMILES string of the molecule is CCOC(=O)CN1CCC(N2CCN(c3ccc(C#N)cc3)CC2)C(CCC(N)=O)C1. The fourth-order valence-corrected chi connectivity index (χ4v) is 4.78. The van der Waals surface area contributed by atoms with Crippen molar-refractivity contribution in [2.24, 2.45) is 11.7 Å². The van der Waals surface area contributed by atoms with E-state index in [9.17, 15) is 9.59 Å². The maximum absolute atomic E-state index is 11.9. The number of ether oxygens (including phenoxy) is 1. The van der Waals surface area contributed by atoms with E-state index in [0.29, 0.717) is 37.1 Å². The Labute approximate surface area is 184 Å². The van der Waals surface area contributed by atoms with Gasteiger partial charge in [-0.1, -0.05) is 0 Å². The topological polar surface area (TPSA) is 103 Å². The number of hydrogen-bond acceptors (Lipinski definition) is 7. The Morgan fingerprint density at radius 1 is 1.16 bits per heavy atom. The molecule has 8 heteroatoms. The molecule has 1 amide bonds. The first-order chi connectivity index (χ1) is 15.0. The van der Waals surface area contributed by atoms with Gasteiger partial charge in [-0.3, -0.25) is 19.4 Å². The van der Waals surface area contributed by atoms with E-state index in [1.54, 1.807) is 0 Å². The van der Waals surface area contributed by atoms with Gasteiger partial charge < -0.3 is 15.4 Å². The van der Waals surface area contributed by atoms with Gasteiger partial charge in [0.1, 0.15) is 0 Å². The lowest BCUT2D eigenvalue weighted by Gasteiger charge is -2.47. The summed E-state index contributed by atoms with van der Waals surface area (Å²) >= 11 is 0. The summed E-state index contributed by atoms with van der Waals surface area (Å²) < 4.78 is 5.10. The number of hydrogen-bond donors (Lipinski definition) is 1. The van der Waals surface area contributed by atoms with Crippen molar-refractivity contribution in [2.45, 2.75) is 32.2 Å². The summed E-state index contributed by atoms with van der Waals surface area (Å²) in [6.07, 6.45) is 2.09. The molecule has 2 fully saturated rings. The number of benzene rings is 1. The van der Waals surface area contributed by atoms with Crippen LogP contribution < -0.4 is 10.6 Å². The minimum absolute atomic E-state index is 0.189. The number of nitrogens with two attached hydrogens (primary N) is 1. The molecule has 1 aromatic rings. The van der Waals surface area contributed by atoms with Crippen LogP contribution in [0.1, 0.15) is 31.7 Å². The molecule has 0 bridgehead atoms. The van der Waals surface area contributed by atoms with E-state index in [2.05, 4.69) is 20.8 Å². The van der Waals surface area contributed by atoms with E-state index in [1.165, 1.54) is 0 Å². The van der Waals surface area contributed by atoms with Gasteiger partial charge in [-0.05, 0) is 49.9 Å². The second kappa shape index (κ2) is 11.1. The third kappa shape index (κ3) is 6.42. The molecule has 2 aliphatic heterocycles. The largest absolute Gasteiger partial charge is 0.465 e. The number of carbonyl (C=O) groups is 2. The quantitative estimate of drug-likeness (QED) is 0.622. The number of piperazine rings is 1. The molecule has 0 spiro atoms. The lowest BCUT2D eigenvalue weighted by Crippen LogP contribution is -2.57. The second-order valence-corrected chi connectivity index (χ2v) is 8.34. The predicted octanol–water partition coefficient (Wildman–Crippen LogP) is 1.20. The highest BCUT2D eigenvalue weighted by Gasteiger charge is 2.35. The Bertz CT molecular complexity index is 783. The van der Waals surface area contributed by atoms with E-state index >= 15 is 0 Å². The summed E-state index contributed by atoms with van der Waals surface area (Å²) in [6.45, 7) is 7.92. The zero-order valence-corrected chi connectivity index (χ0v) is 18.3. The molecule has 2 atom stereocenters. The molecule has 8 nitrogen and oxygen atoms in total. The van der Waals surface area contributed by atoms with Crippen molar-refractivity contribution >= 4 is 17.6 Å². The molecule has 2 heterocycles. The van der Waals surface area contributed by atoms with Crippen molar-refractivity contribution < 1.29 is 14.3 Å². The molecule has 0 aromatic heterocycles. The van der Waals surface area contributed by atoms with Crippen LogP contribution in [0.15, 0.2) is 24.3 Å². The van der Waals surface area contributed by atoms with Gasteiger partial charge in [-0.2, -0.15) is 5.26 Å². The molecule has 2 aliphatic rings. The summed E-state index contributed by atoms with van der Waals surface area (Å²) in [5.74, 6) is -0.158. The fraction of sp³-hybridized carbons (Fsp3) is 0.609. The number of amides is 1. The normalized spacial score (nSPS) is 22.6. The van der Waals surface area contributed by atoms with E-state index in [4.69, 9.17) is 15.7 Å². The van der Waals surface area contributed by atoms with Gasteiger partial charge >= 0.3 is 5.97 Å². The monoisotopic (exact) mass is 427 g/mol. The molecule has 2 unspecified atom stereocenters. The predicted molar refractivity (Wildman–Crippen MR) is 118 cm³/mol. The lowest BCUT2D eigenvalue weighted by atomic mass is 9.86. The number of rotatable bonds is 8. The summed E-state index contributed by atoms with van der Waals surface area (Å²) in [4.78, 5) is 30.4. The second-order valence-electron chi connectivity index (χ2n) is 8.34. The molecule has 2 N–H and O–H groups in total. The molecular weight excluding hydrogens is 394 g/mol. The van der Waals surface area contributed by atoms with Crippen molar-refractivity contribution in [3.63, 3.8) is 0 Å². The first-order valence-corrected chi connectivity index (χ1v) is 11.2. The first kappa shape index (κ1) is 23.0. The third-order valence-corrected chi connectivity index (χ3v) is 6.34. The third-order valence-electron chi connectivity index (χ3n) is 6.34. The number of anilines is 1. The number of nitriles is 1. The average molecular weight is 428 g/mol. The Morgan fingerprint density at radius 3 is 2.48 bits per heavy atom. The Balaban J connectivity index is 1.58. The van der Waals surface area contributed by atoms with Crippen molar-refractivity contribution in [1.29, 1.82) is 5.26 Å². The Morgan fingerprint density at radius 2 is 1.87 bits per heavy atom. The summed E-state index contributed by atoms with van der Waals surface area (Å²) in [5, 5.41) is 8.99. The Hall–Kier alpha value is -2.63. The number of carbonyl (C=O) groups excluding carboxylic acids is 2. The van der Waals surface area contributed by atoms with E-state index < -0.39 is 0 Å². The van der Waals surface area contributed by atoms with Crippen LogP contribution in [0.2, 0.25) is 0 Å². The average Bonchev–Trinajstić information content (AvgIpc) is 2.78. The van der Waals surface area contributed by atoms with Crippen LogP contribution in [-0.4, -0.2) is 80.1 Å². The molecule has 0 saturated carbocycles. The molecule has 1 aromatic carbocycles. The maximum Gasteiger partial charge on any atom is 0.320 e. The van der Waals surface area contributed by atoms with Crippen molar-refractivity contribution in [3.8, 4) is 6.07 Å². The highest BCUT2D eigenvalue weighted by atomic mass is 16.5. The summed E-state index contributed by atoms with van der Waals surface area (Å²) in [6, 6.07) is 10.3. The van der Waals surface area contributed by atoms with E-state index in [1.807, 2.05) is 31.2 Å². The Kier molecular flexibility index (Phi) is 8.27. The van der Waals surface area contributed by atoms with Crippen molar-refractivity contribution in [2.75, 3.05) is 57.3 Å². The molecular formula is C23H33N5O3. The fourth-order valence-electron chi connectivity index (χ4n) is 4.78. The van der Waals surface area contributed by atoms with Crippen LogP contribution in [0.5, 0.6) is 0 Å². The zero-order valence-electron chi connectivity index (χ0n) is 18.3. The summed E-state index contributed by atoms with van der Waals surface area (Å²) in [7, 11) is 0. The van der Waals surface area contributed by atoms with Crippen LogP contribution in [0, 0.1) is 17.2 Å². The molecule has 2 saturated heterocycles. The van der Waals surface area contributed by atoms with Gasteiger partial charge in [0.05, 0.1) is 24.8 Å². The molecule has 0 radical (unpaired) electrons. The number of piperidine rings is 1. The standard InChI is InChI=1S/C23H33N5O3/c1-2-31-23(30)17-26-10-9-21(19(16-26)5-8-22(25)29)28-13-11-27(12-14-28)20-6-3-18(15-24)4-7-20/h3-4,6-7,19,21H,2,5,8-14,16-17H2,1H3,(H2,25,29). The van der Waals surface area contributed by atoms with Gasteiger partial charge in [-0.25, -0.2) is 0 Å².